The van der Waals surface area contributed by atoms with Crippen molar-refractivity contribution >= 4 is 60.7 Å². The van der Waals surface area contributed by atoms with Crippen LogP contribution in [0.15, 0.2) is 33.2 Å². The molecule has 33 heavy (non-hydrogen) atoms. The van der Waals surface area contributed by atoms with E-state index in [1.165, 1.54) is 11.5 Å². The number of aliphatic hydroxyl groups is 2. The summed E-state index contributed by atoms with van der Waals surface area (Å²) in [7, 11) is 0. The van der Waals surface area contributed by atoms with Crippen LogP contribution in [0.1, 0.15) is 29.4 Å². The highest BCUT2D eigenvalue weighted by atomic mass is 79.9. The number of aromatic nitrogens is 2. The van der Waals surface area contributed by atoms with Crippen molar-refractivity contribution < 1.29 is 15.0 Å². The molecule has 0 bridgehead atoms. The van der Waals surface area contributed by atoms with E-state index >= 15 is 0 Å². The Labute approximate surface area is 213 Å². The van der Waals surface area contributed by atoms with Gasteiger partial charge in [-0.15, -0.1) is 0 Å². The normalized spacial score (nSPS) is 14.8. The van der Waals surface area contributed by atoms with Crippen molar-refractivity contribution in [2.75, 3.05) is 29.9 Å². The maximum atomic E-state index is 13.2. The molecule has 3 N–H and O–H groups in total. The third kappa shape index (κ3) is 4.85. The third-order valence-electron chi connectivity index (χ3n) is 5.76. The van der Waals surface area contributed by atoms with E-state index in [0.29, 0.717) is 18.5 Å². The second kappa shape index (κ2) is 9.42. The summed E-state index contributed by atoms with van der Waals surface area (Å²) in [6, 6.07) is 7.68. The smallest absolute Gasteiger partial charge is 0.246 e. The molecule has 0 spiro atoms. The molecule has 2 aromatic carbocycles. The van der Waals surface area contributed by atoms with E-state index < -0.39 is 12.2 Å². The second-order valence-electron chi connectivity index (χ2n) is 8.33. The van der Waals surface area contributed by atoms with E-state index in [1.807, 2.05) is 38.1 Å². The molecular formula is C23H24Br2N4O3S. The van der Waals surface area contributed by atoms with Crippen molar-refractivity contribution in [2.24, 2.45) is 0 Å². The van der Waals surface area contributed by atoms with Gasteiger partial charge < -0.3 is 20.4 Å². The number of carbonyl (C=O) groups excluding carboxylic acids is 1. The van der Waals surface area contributed by atoms with Gasteiger partial charge in [-0.2, -0.15) is 4.37 Å². The largest absolute Gasteiger partial charge is 0.393 e. The molecule has 1 amide bonds. The fraction of sp³-hybridized carbons (Fsp3) is 0.348. The molecule has 1 aliphatic heterocycles. The van der Waals surface area contributed by atoms with E-state index in [1.54, 1.807) is 11.8 Å². The van der Waals surface area contributed by atoms with Crippen LogP contribution < -0.4 is 10.2 Å². The summed E-state index contributed by atoms with van der Waals surface area (Å²) in [5.41, 5.74) is 3.69. The summed E-state index contributed by atoms with van der Waals surface area (Å²) in [5.74, 6) is 0.655. The Morgan fingerprint density at radius 3 is 2.70 bits per heavy atom. The number of benzene rings is 2. The molecule has 2 heterocycles. The standard InChI is InChI=1S/C23H24Br2N4O3S/c1-12-6-18(25)16(22-27-13(2)28-33-22)9-19(12)26-10-21(31)29-5-4-15-17(23(3,32)11-30)7-14(24)8-20(15)29/h6-9,26,30,32H,4-5,10-11H2,1-3H3. The number of hydrogen-bond donors (Lipinski definition) is 3. The first-order valence-corrected chi connectivity index (χ1v) is 12.8. The van der Waals surface area contributed by atoms with E-state index in [9.17, 15) is 15.0 Å². The average molecular weight is 596 g/mol. The molecule has 0 saturated carbocycles. The van der Waals surface area contributed by atoms with Crippen LogP contribution in [-0.2, 0) is 16.8 Å². The maximum absolute atomic E-state index is 13.2. The molecule has 0 saturated heterocycles. The van der Waals surface area contributed by atoms with Crippen LogP contribution in [-0.4, -0.2) is 45.2 Å². The van der Waals surface area contributed by atoms with E-state index in [0.717, 1.165) is 47.8 Å². The number of amides is 1. The molecule has 0 fully saturated rings. The minimum Gasteiger partial charge on any atom is -0.393 e. The van der Waals surface area contributed by atoms with Gasteiger partial charge in [0.05, 0.1) is 13.2 Å². The Balaban J connectivity index is 1.56. The lowest BCUT2D eigenvalue weighted by molar-refractivity contribution is -0.116. The SMILES string of the molecule is Cc1nsc(-c2cc(NCC(=O)N3CCc4c3cc(Br)cc4C(C)(O)CO)c(C)cc2Br)n1. The van der Waals surface area contributed by atoms with E-state index in [4.69, 9.17) is 0 Å². The van der Waals surface area contributed by atoms with Gasteiger partial charge in [0.2, 0.25) is 5.91 Å². The molecule has 1 aliphatic rings. The third-order valence-corrected chi connectivity index (χ3v) is 7.71. The highest BCUT2D eigenvalue weighted by Crippen LogP contribution is 2.39. The predicted octanol–water partition coefficient (Wildman–Crippen LogP) is 4.55. The van der Waals surface area contributed by atoms with Crippen LogP contribution in [0.2, 0.25) is 0 Å². The van der Waals surface area contributed by atoms with Gasteiger partial charge in [0, 0.05) is 32.4 Å². The number of nitrogens with one attached hydrogen (secondary N) is 1. The number of rotatable bonds is 6. The highest BCUT2D eigenvalue weighted by Gasteiger charge is 2.33. The lowest BCUT2D eigenvalue weighted by Gasteiger charge is -2.25. The van der Waals surface area contributed by atoms with Crippen molar-refractivity contribution in [2.45, 2.75) is 32.8 Å². The molecule has 174 valence electrons. The number of aryl methyl sites for hydroxylation is 2. The Morgan fingerprint density at radius 1 is 1.27 bits per heavy atom. The summed E-state index contributed by atoms with van der Waals surface area (Å²) in [5, 5.41) is 24.4. The molecule has 1 unspecified atom stereocenters. The highest BCUT2D eigenvalue weighted by molar-refractivity contribution is 9.10. The van der Waals surface area contributed by atoms with Crippen molar-refractivity contribution in [3.8, 4) is 10.6 Å². The van der Waals surface area contributed by atoms with Crippen molar-refractivity contribution in [1.82, 2.24) is 9.36 Å². The zero-order valence-corrected chi connectivity index (χ0v) is 22.4. The van der Waals surface area contributed by atoms with Gasteiger partial charge in [0.1, 0.15) is 16.4 Å². The first-order valence-electron chi connectivity index (χ1n) is 10.4. The average Bonchev–Trinajstić information content (AvgIpc) is 3.38. The first-order chi connectivity index (χ1) is 15.6. The minimum atomic E-state index is -1.38. The van der Waals surface area contributed by atoms with Gasteiger partial charge >= 0.3 is 0 Å². The molecule has 10 heteroatoms. The summed E-state index contributed by atoms with van der Waals surface area (Å²) >= 11 is 8.42. The fourth-order valence-corrected chi connectivity index (χ4v) is 5.92. The van der Waals surface area contributed by atoms with Crippen LogP contribution >= 0.6 is 43.4 Å². The summed E-state index contributed by atoms with van der Waals surface area (Å²) < 4.78 is 5.94. The summed E-state index contributed by atoms with van der Waals surface area (Å²) in [4.78, 5) is 19.4. The Hall–Kier alpha value is -1.85. The maximum Gasteiger partial charge on any atom is 0.246 e. The van der Waals surface area contributed by atoms with Gasteiger partial charge in [-0.05, 0) is 79.7 Å². The Kier molecular flexibility index (Phi) is 6.93. The topological polar surface area (TPSA) is 98.6 Å². The van der Waals surface area contributed by atoms with Crippen LogP contribution in [0.5, 0.6) is 0 Å². The molecule has 0 radical (unpaired) electrons. The molecule has 3 aromatic rings. The van der Waals surface area contributed by atoms with E-state index in [2.05, 4.69) is 46.5 Å². The molecule has 4 rings (SSSR count). The van der Waals surface area contributed by atoms with Gasteiger partial charge in [-0.25, -0.2) is 4.98 Å². The van der Waals surface area contributed by atoms with Crippen molar-refractivity contribution in [3.63, 3.8) is 0 Å². The zero-order valence-electron chi connectivity index (χ0n) is 18.4. The number of anilines is 2. The van der Waals surface area contributed by atoms with Crippen LogP contribution in [0.25, 0.3) is 10.6 Å². The van der Waals surface area contributed by atoms with Gasteiger partial charge in [0.15, 0.2) is 0 Å². The molecule has 7 nitrogen and oxygen atoms in total. The summed E-state index contributed by atoms with van der Waals surface area (Å²) in [6.45, 7) is 5.67. The predicted molar refractivity (Wildman–Crippen MR) is 138 cm³/mol. The van der Waals surface area contributed by atoms with Crippen molar-refractivity contribution in [3.05, 3.63) is 55.7 Å². The van der Waals surface area contributed by atoms with E-state index in [-0.39, 0.29) is 12.5 Å². The van der Waals surface area contributed by atoms with Crippen LogP contribution in [0.3, 0.4) is 0 Å². The Morgan fingerprint density at radius 2 is 2.03 bits per heavy atom. The van der Waals surface area contributed by atoms with Crippen LogP contribution in [0, 0.1) is 13.8 Å². The number of nitrogens with zero attached hydrogens (tertiary/aromatic N) is 3. The number of carbonyl (C=O) groups is 1. The molecular weight excluding hydrogens is 572 g/mol. The zero-order chi connectivity index (χ0) is 23.9. The monoisotopic (exact) mass is 594 g/mol. The Bertz CT molecular complexity index is 1230. The number of halogens is 2. The lowest BCUT2D eigenvalue weighted by atomic mass is 9.91. The summed E-state index contributed by atoms with van der Waals surface area (Å²) in [6.07, 6.45) is 0.623. The quantitative estimate of drug-likeness (QED) is 0.387. The number of aliphatic hydroxyl groups excluding tert-OH is 1. The molecule has 1 atom stereocenters. The molecule has 0 aliphatic carbocycles. The van der Waals surface area contributed by atoms with Crippen molar-refractivity contribution in [1.29, 1.82) is 0 Å². The van der Waals surface area contributed by atoms with Gasteiger partial charge in [-0.1, -0.05) is 31.9 Å². The fourth-order valence-electron chi connectivity index (χ4n) is 3.99. The number of fused-ring (bicyclic) bond motifs is 1. The van der Waals surface area contributed by atoms with Gasteiger partial charge in [0.25, 0.3) is 0 Å². The lowest BCUT2D eigenvalue weighted by Crippen LogP contribution is -2.34. The second-order valence-corrected chi connectivity index (χ2v) is 10.8. The minimum absolute atomic E-state index is 0.0722. The molecule has 1 aromatic heterocycles. The van der Waals surface area contributed by atoms with Crippen LogP contribution in [0.4, 0.5) is 11.4 Å². The number of hydrogen-bond acceptors (Lipinski definition) is 7. The van der Waals surface area contributed by atoms with Gasteiger partial charge in [-0.3, -0.25) is 4.79 Å². The first kappa shape index (κ1) is 24.3.